The van der Waals surface area contributed by atoms with Crippen LogP contribution in [0.5, 0.6) is 0 Å². The highest BCUT2D eigenvalue weighted by molar-refractivity contribution is 5.19. The summed E-state index contributed by atoms with van der Waals surface area (Å²) >= 11 is 0. The van der Waals surface area contributed by atoms with Crippen molar-refractivity contribution in [2.75, 3.05) is 19.7 Å². The first-order valence-corrected chi connectivity index (χ1v) is 7.64. The monoisotopic (exact) mass is 300 g/mol. The van der Waals surface area contributed by atoms with Gasteiger partial charge < -0.3 is 9.52 Å². The van der Waals surface area contributed by atoms with Gasteiger partial charge in [0.25, 0.3) is 0 Å². The van der Waals surface area contributed by atoms with Crippen molar-refractivity contribution in [2.24, 2.45) is 0 Å². The minimum Gasteiger partial charge on any atom is -0.449 e. The van der Waals surface area contributed by atoms with Gasteiger partial charge in [-0.15, -0.1) is 0 Å². The molecule has 0 aromatic carbocycles. The molecule has 0 saturated carbocycles. The molecule has 0 radical (unpaired) electrons. The number of aromatic nitrogens is 2. The van der Waals surface area contributed by atoms with Gasteiger partial charge in [-0.1, -0.05) is 0 Å². The molecule has 22 heavy (non-hydrogen) atoms. The van der Waals surface area contributed by atoms with Gasteiger partial charge in [0.1, 0.15) is 11.8 Å². The number of likely N-dealkylation sites (tertiary alicyclic amines) is 1. The molecule has 1 fully saturated rings. The Labute approximate surface area is 129 Å². The van der Waals surface area contributed by atoms with Crippen molar-refractivity contribution in [3.05, 3.63) is 41.6 Å². The second-order valence-corrected chi connectivity index (χ2v) is 5.63. The summed E-state index contributed by atoms with van der Waals surface area (Å²) in [6.45, 7) is 3.43. The van der Waals surface area contributed by atoms with Crippen molar-refractivity contribution < 1.29 is 9.52 Å². The van der Waals surface area contributed by atoms with Gasteiger partial charge in [-0.25, -0.2) is 0 Å². The highest BCUT2D eigenvalue weighted by Gasteiger charge is 2.23. The van der Waals surface area contributed by atoms with E-state index in [-0.39, 0.29) is 6.61 Å². The van der Waals surface area contributed by atoms with E-state index in [1.165, 1.54) is 5.69 Å². The molecule has 2 aromatic rings. The van der Waals surface area contributed by atoms with Crippen LogP contribution in [0.1, 0.15) is 36.0 Å². The molecule has 116 valence electrons. The maximum absolute atomic E-state index is 9.09. The van der Waals surface area contributed by atoms with Crippen LogP contribution in [-0.4, -0.2) is 39.5 Å². The Hall–Kier alpha value is -2.10. The maximum atomic E-state index is 9.09. The predicted molar refractivity (Wildman–Crippen MR) is 80.0 cm³/mol. The van der Waals surface area contributed by atoms with Gasteiger partial charge >= 0.3 is 0 Å². The highest BCUT2D eigenvalue weighted by Crippen LogP contribution is 2.28. The number of hydrogen-bond acceptors (Lipinski definition) is 5. The molecule has 1 N–H and O–H groups in total. The molecule has 3 rings (SSSR count). The molecule has 6 nitrogen and oxygen atoms in total. The summed E-state index contributed by atoms with van der Waals surface area (Å²) in [5.41, 5.74) is 1.22. The maximum Gasteiger partial charge on any atom is 0.203 e. The largest absolute Gasteiger partial charge is 0.449 e. The zero-order valence-electron chi connectivity index (χ0n) is 12.5. The fourth-order valence-corrected chi connectivity index (χ4v) is 3.10. The lowest BCUT2D eigenvalue weighted by Gasteiger charge is -2.31. The predicted octanol–water partition coefficient (Wildman–Crippen LogP) is 1.72. The lowest BCUT2D eigenvalue weighted by Crippen LogP contribution is -2.33. The van der Waals surface area contributed by atoms with Gasteiger partial charge in [-0.05, 0) is 44.1 Å². The van der Waals surface area contributed by atoms with Crippen molar-refractivity contribution in [3.63, 3.8) is 0 Å². The molecule has 1 saturated heterocycles. The summed E-state index contributed by atoms with van der Waals surface area (Å²) in [7, 11) is 0. The summed E-state index contributed by atoms with van der Waals surface area (Å²) in [5, 5.41) is 22.1. The molecule has 2 aromatic heterocycles. The Morgan fingerprint density at radius 3 is 2.82 bits per heavy atom. The summed E-state index contributed by atoms with van der Waals surface area (Å²) in [4.78, 5) is 2.35. The minimum atomic E-state index is 0.118. The van der Waals surface area contributed by atoms with Crippen LogP contribution in [0.15, 0.2) is 28.8 Å². The minimum absolute atomic E-state index is 0.118. The molecule has 0 atom stereocenters. The third-order valence-corrected chi connectivity index (χ3v) is 4.22. The van der Waals surface area contributed by atoms with Crippen molar-refractivity contribution in [1.29, 1.82) is 5.26 Å². The number of aliphatic hydroxyl groups is 1. The first kappa shape index (κ1) is 14.8. The molecule has 1 aliphatic heterocycles. The van der Waals surface area contributed by atoms with Crippen LogP contribution in [0, 0.1) is 11.3 Å². The molecule has 1 aliphatic rings. The number of nitrogens with zero attached hydrogens (tertiary/aromatic N) is 4. The number of nitriles is 1. The molecule has 0 spiro atoms. The van der Waals surface area contributed by atoms with Gasteiger partial charge in [-0.3, -0.25) is 9.58 Å². The third kappa shape index (κ3) is 3.21. The van der Waals surface area contributed by atoms with Crippen LogP contribution < -0.4 is 0 Å². The number of rotatable bonds is 5. The normalized spacial score (nSPS) is 16.7. The zero-order chi connectivity index (χ0) is 15.4. The van der Waals surface area contributed by atoms with Gasteiger partial charge in [0.15, 0.2) is 0 Å². The van der Waals surface area contributed by atoms with E-state index in [4.69, 9.17) is 14.8 Å². The van der Waals surface area contributed by atoms with Crippen molar-refractivity contribution >= 4 is 0 Å². The molecular formula is C16H20N4O2. The van der Waals surface area contributed by atoms with Gasteiger partial charge in [0, 0.05) is 17.8 Å². The Balaban J connectivity index is 1.56. The average molecular weight is 300 g/mol. The van der Waals surface area contributed by atoms with Gasteiger partial charge in [0.05, 0.1) is 19.7 Å². The van der Waals surface area contributed by atoms with Crippen LogP contribution in [0.25, 0.3) is 0 Å². The van der Waals surface area contributed by atoms with Crippen molar-refractivity contribution in [2.45, 2.75) is 31.8 Å². The van der Waals surface area contributed by atoms with Crippen LogP contribution in [0.2, 0.25) is 0 Å². The van der Waals surface area contributed by atoms with Crippen LogP contribution >= 0.6 is 0 Å². The molecule has 0 aliphatic carbocycles. The summed E-state index contributed by atoms with van der Waals surface area (Å²) < 4.78 is 7.35. The summed E-state index contributed by atoms with van der Waals surface area (Å²) in [5.74, 6) is 1.72. The van der Waals surface area contributed by atoms with Crippen molar-refractivity contribution in [1.82, 2.24) is 14.7 Å². The van der Waals surface area contributed by atoms with Crippen molar-refractivity contribution in [3.8, 4) is 6.07 Å². The fourth-order valence-electron chi connectivity index (χ4n) is 3.10. The molecule has 0 amide bonds. The van der Waals surface area contributed by atoms with Crippen LogP contribution in [0.3, 0.4) is 0 Å². The van der Waals surface area contributed by atoms with E-state index in [1.807, 2.05) is 23.0 Å². The van der Waals surface area contributed by atoms with E-state index < -0.39 is 0 Å². The number of piperidine rings is 1. The molecule has 6 heteroatoms. The molecular weight excluding hydrogens is 280 g/mol. The second-order valence-electron chi connectivity index (χ2n) is 5.63. The van der Waals surface area contributed by atoms with E-state index >= 15 is 0 Å². The van der Waals surface area contributed by atoms with Crippen LogP contribution in [0.4, 0.5) is 0 Å². The lowest BCUT2D eigenvalue weighted by atomic mass is 9.93. The number of furan rings is 1. The first-order valence-electron chi connectivity index (χ1n) is 7.64. The smallest absolute Gasteiger partial charge is 0.203 e. The average Bonchev–Trinajstić information content (AvgIpc) is 3.18. The van der Waals surface area contributed by atoms with Crippen LogP contribution in [-0.2, 0) is 13.1 Å². The second kappa shape index (κ2) is 6.77. The first-order chi connectivity index (χ1) is 10.8. The Bertz CT molecular complexity index is 647. The van der Waals surface area contributed by atoms with E-state index in [9.17, 15) is 0 Å². The molecule has 3 heterocycles. The quantitative estimate of drug-likeness (QED) is 0.909. The van der Waals surface area contributed by atoms with E-state index in [0.29, 0.717) is 18.2 Å². The van der Waals surface area contributed by atoms with Gasteiger partial charge in [-0.2, -0.15) is 10.4 Å². The fraction of sp³-hybridized carbons (Fsp3) is 0.500. The summed E-state index contributed by atoms with van der Waals surface area (Å²) in [6.07, 6.45) is 3.95. The zero-order valence-corrected chi connectivity index (χ0v) is 12.5. The Kier molecular flexibility index (Phi) is 4.56. The lowest BCUT2D eigenvalue weighted by molar-refractivity contribution is 0.186. The topological polar surface area (TPSA) is 78.2 Å². The van der Waals surface area contributed by atoms with E-state index in [0.717, 1.165) is 38.2 Å². The third-order valence-electron chi connectivity index (χ3n) is 4.22. The number of aliphatic hydroxyl groups excluding tert-OH is 1. The summed E-state index contributed by atoms with van der Waals surface area (Å²) in [6, 6.07) is 7.66. The molecule has 0 unspecified atom stereocenters. The number of hydrogen-bond donors (Lipinski definition) is 1. The molecule has 0 bridgehead atoms. The van der Waals surface area contributed by atoms with Gasteiger partial charge in [0.2, 0.25) is 5.76 Å². The Morgan fingerprint density at radius 2 is 2.14 bits per heavy atom. The Morgan fingerprint density at radius 1 is 1.32 bits per heavy atom. The standard InChI is InChI=1S/C16H20N4O2/c17-11-14-1-2-15(22-14)12-19-7-4-13(5-8-19)16-3-6-18-20(16)9-10-21/h1-3,6,13,21H,4-5,7-10,12H2. The van der Waals surface area contributed by atoms with E-state index in [2.05, 4.69) is 16.1 Å². The SMILES string of the molecule is N#Cc1ccc(CN2CCC(c3ccnn3CCO)CC2)o1. The highest BCUT2D eigenvalue weighted by atomic mass is 16.3. The van der Waals surface area contributed by atoms with E-state index in [1.54, 1.807) is 6.07 Å².